The van der Waals surface area contributed by atoms with Crippen LogP contribution in [0.15, 0.2) is 170 Å². The first-order valence-corrected chi connectivity index (χ1v) is 16.5. The monoisotopic (exact) mass is 640 g/mol. The molecule has 9 rings (SSSR count). The second kappa shape index (κ2) is 12.0. The Morgan fingerprint density at radius 2 is 1.04 bits per heavy atom. The average Bonchev–Trinajstić information content (AvgIpc) is 3.20. The van der Waals surface area contributed by atoms with E-state index in [9.17, 15) is 5.26 Å². The van der Waals surface area contributed by atoms with Crippen molar-refractivity contribution in [3.8, 4) is 51.7 Å². The molecule has 0 radical (unpaired) electrons. The van der Waals surface area contributed by atoms with E-state index in [0.29, 0.717) is 28.8 Å². The molecule has 0 amide bonds. The van der Waals surface area contributed by atoms with Crippen LogP contribution < -0.4 is 4.74 Å². The number of benzene rings is 7. The average molecular weight is 641 g/mol. The van der Waals surface area contributed by atoms with Gasteiger partial charge in [-0.3, -0.25) is 0 Å². The van der Waals surface area contributed by atoms with Crippen molar-refractivity contribution in [3.05, 3.63) is 198 Å². The number of nitrogens with zero attached hydrogens (tertiary/aromatic N) is 4. The van der Waals surface area contributed by atoms with E-state index in [1.54, 1.807) is 12.1 Å². The molecule has 234 valence electrons. The molecule has 0 aliphatic carbocycles. The van der Waals surface area contributed by atoms with Crippen LogP contribution in [0.5, 0.6) is 11.5 Å². The van der Waals surface area contributed by atoms with Crippen molar-refractivity contribution in [1.82, 2.24) is 15.0 Å². The summed E-state index contributed by atoms with van der Waals surface area (Å²) in [6.45, 7) is 0. The summed E-state index contributed by atoms with van der Waals surface area (Å²) in [7, 11) is 0. The fraction of sp³-hybridized carbons (Fsp3) is 0.0222. The number of para-hydroxylation sites is 2. The van der Waals surface area contributed by atoms with E-state index in [1.807, 2.05) is 54.6 Å². The van der Waals surface area contributed by atoms with Crippen LogP contribution in [-0.2, 0) is 5.41 Å². The molecule has 1 aliphatic rings. The lowest BCUT2D eigenvalue weighted by Gasteiger charge is -2.42. The highest BCUT2D eigenvalue weighted by molar-refractivity contribution is 5.95. The molecule has 5 nitrogen and oxygen atoms in total. The summed E-state index contributed by atoms with van der Waals surface area (Å²) in [6, 6.07) is 59.7. The van der Waals surface area contributed by atoms with Gasteiger partial charge >= 0.3 is 0 Å². The molecule has 50 heavy (non-hydrogen) atoms. The number of aromatic nitrogens is 3. The van der Waals surface area contributed by atoms with E-state index in [4.69, 9.17) is 19.7 Å². The Labute approximate surface area is 289 Å². The van der Waals surface area contributed by atoms with Gasteiger partial charge in [0.2, 0.25) is 0 Å². The van der Waals surface area contributed by atoms with Crippen molar-refractivity contribution in [1.29, 1.82) is 5.26 Å². The zero-order valence-corrected chi connectivity index (χ0v) is 26.9. The number of nitriles is 1. The Hall–Kier alpha value is -6.90. The topological polar surface area (TPSA) is 71.7 Å². The maximum atomic E-state index is 9.47. The van der Waals surface area contributed by atoms with E-state index in [1.165, 1.54) is 0 Å². The fourth-order valence-electron chi connectivity index (χ4n) is 7.26. The van der Waals surface area contributed by atoms with Gasteiger partial charge in [-0.2, -0.15) is 5.26 Å². The zero-order valence-electron chi connectivity index (χ0n) is 26.9. The summed E-state index contributed by atoms with van der Waals surface area (Å²) in [5.41, 5.74) is 6.66. The molecule has 1 aliphatic heterocycles. The van der Waals surface area contributed by atoms with Gasteiger partial charge in [0.05, 0.1) is 22.6 Å². The van der Waals surface area contributed by atoms with Crippen molar-refractivity contribution in [3.63, 3.8) is 0 Å². The van der Waals surface area contributed by atoms with Gasteiger partial charge in [0.1, 0.15) is 11.5 Å². The second-order valence-electron chi connectivity index (χ2n) is 12.3. The summed E-state index contributed by atoms with van der Waals surface area (Å²) >= 11 is 0. The van der Waals surface area contributed by atoms with Crippen LogP contribution in [0.3, 0.4) is 0 Å². The van der Waals surface area contributed by atoms with Crippen molar-refractivity contribution in [2.75, 3.05) is 0 Å². The number of ether oxygens (including phenoxy) is 1. The van der Waals surface area contributed by atoms with E-state index in [2.05, 4.69) is 109 Å². The first-order chi connectivity index (χ1) is 24.7. The Morgan fingerprint density at radius 3 is 1.78 bits per heavy atom. The van der Waals surface area contributed by atoms with E-state index >= 15 is 0 Å². The van der Waals surface area contributed by atoms with Gasteiger partial charge < -0.3 is 4.74 Å². The Balaban J connectivity index is 1.34. The van der Waals surface area contributed by atoms with Crippen molar-refractivity contribution in [2.45, 2.75) is 5.41 Å². The number of rotatable bonds is 5. The lowest BCUT2D eigenvalue weighted by Crippen LogP contribution is -2.34. The van der Waals surface area contributed by atoms with Crippen molar-refractivity contribution >= 4 is 10.8 Å². The van der Waals surface area contributed by atoms with Crippen LogP contribution in [0.4, 0.5) is 0 Å². The first-order valence-electron chi connectivity index (χ1n) is 16.5. The molecule has 0 saturated heterocycles. The van der Waals surface area contributed by atoms with Crippen molar-refractivity contribution in [2.24, 2.45) is 0 Å². The third-order valence-electron chi connectivity index (χ3n) is 9.51. The molecule has 0 atom stereocenters. The highest BCUT2D eigenvalue weighted by Crippen LogP contribution is 2.57. The minimum absolute atomic E-state index is 0.494. The van der Waals surface area contributed by atoms with Crippen LogP contribution in [-0.4, -0.2) is 15.0 Å². The molecule has 0 N–H and O–H groups in total. The van der Waals surface area contributed by atoms with Crippen LogP contribution >= 0.6 is 0 Å². The lowest BCUT2D eigenvalue weighted by atomic mass is 9.63. The molecule has 1 aromatic heterocycles. The molecule has 0 bridgehead atoms. The molecule has 7 aromatic carbocycles. The highest BCUT2D eigenvalue weighted by Gasteiger charge is 2.46. The van der Waals surface area contributed by atoms with Crippen LogP contribution in [0.2, 0.25) is 0 Å². The third-order valence-corrected chi connectivity index (χ3v) is 9.51. The van der Waals surface area contributed by atoms with E-state index < -0.39 is 5.41 Å². The molecule has 5 heteroatoms. The maximum absolute atomic E-state index is 9.47. The minimum Gasteiger partial charge on any atom is -0.456 e. The van der Waals surface area contributed by atoms with Gasteiger partial charge in [-0.05, 0) is 58.3 Å². The van der Waals surface area contributed by atoms with Gasteiger partial charge in [0.25, 0.3) is 0 Å². The van der Waals surface area contributed by atoms with E-state index in [-0.39, 0.29) is 0 Å². The molecule has 8 aromatic rings. The molecule has 0 spiro atoms. The first kappa shape index (κ1) is 29.3. The highest BCUT2D eigenvalue weighted by atomic mass is 16.5. The molecular formula is C45H28N4O. The van der Waals surface area contributed by atoms with Gasteiger partial charge in [-0.15, -0.1) is 0 Å². The maximum Gasteiger partial charge on any atom is 0.167 e. The summed E-state index contributed by atoms with van der Waals surface area (Å²) in [5.74, 6) is 3.02. The number of hydrogen-bond donors (Lipinski definition) is 0. The molecule has 0 fully saturated rings. The van der Waals surface area contributed by atoms with Gasteiger partial charge in [-0.25, -0.2) is 15.0 Å². The minimum atomic E-state index is -0.676. The molecule has 2 heterocycles. The smallest absolute Gasteiger partial charge is 0.167 e. The summed E-state index contributed by atoms with van der Waals surface area (Å²) in [4.78, 5) is 15.3. The summed E-state index contributed by atoms with van der Waals surface area (Å²) in [5, 5.41) is 11.6. The van der Waals surface area contributed by atoms with Gasteiger partial charge in [-0.1, -0.05) is 133 Å². The summed E-state index contributed by atoms with van der Waals surface area (Å²) in [6.07, 6.45) is 0. The molecule has 0 saturated carbocycles. The largest absolute Gasteiger partial charge is 0.456 e. The Morgan fingerprint density at radius 1 is 0.480 bits per heavy atom. The van der Waals surface area contributed by atoms with Crippen LogP contribution in [0, 0.1) is 11.3 Å². The molecular weight excluding hydrogens is 613 g/mol. The van der Waals surface area contributed by atoms with Crippen molar-refractivity contribution < 1.29 is 4.74 Å². The fourth-order valence-corrected chi connectivity index (χ4v) is 7.26. The second-order valence-corrected chi connectivity index (χ2v) is 12.3. The SMILES string of the molecule is N#Cc1ccc(-c2nc(-c3cccc4c3Oc3ccccc3C4(c3ccccc3)c3ccccc3)nc(-c3cccc4ccccc34)n2)cc1. The van der Waals surface area contributed by atoms with Gasteiger partial charge in [0.15, 0.2) is 17.5 Å². The quantitative estimate of drug-likeness (QED) is 0.187. The third kappa shape index (κ3) is 4.66. The zero-order chi connectivity index (χ0) is 33.5. The van der Waals surface area contributed by atoms with Crippen LogP contribution in [0.1, 0.15) is 27.8 Å². The van der Waals surface area contributed by atoms with Gasteiger partial charge in [0, 0.05) is 22.3 Å². The summed E-state index contributed by atoms with van der Waals surface area (Å²) < 4.78 is 6.92. The van der Waals surface area contributed by atoms with Crippen LogP contribution in [0.25, 0.3) is 44.9 Å². The standard InChI is InChI=1S/C45H28N4O/c46-29-30-25-27-32(28-26-30)42-47-43(36-20-11-14-31-13-7-8-19-35(31)36)49-44(48-42)37-21-12-23-39-41(37)50-40-24-10-9-22-38(40)45(39,33-15-3-1-4-16-33)34-17-5-2-6-18-34/h1-28H. The number of fused-ring (bicyclic) bond motifs is 3. The molecule has 0 unspecified atom stereocenters. The van der Waals surface area contributed by atoms with E-state index in [0.717, 1.165) is 55.5 Å². The predicted molar refractivity (Wildman–Crippen MR) is 197 cm³/mol. The normalized spacial score (nSPS) is 12.7. The Bertz CT molecular complexity index is 2530. The Kier molecular flexibility index (Phi) is 7.00. The number of hydrogen-bond acceptors (Lipinski definition) is 5. The lowest BCUT2D eigenvalue weighted by molar-refractivity contribution is 0.436. The predicted octanol–water partition coefficient (Wildman–Crippen LogP) is 10.4.